The average Bonchev–Trinajstić information content (AvgIpc) is 2.27. The first-order chi connectivity index (χ1) is 7.63. The van der Waals surface area contributed by atoms with Gasteiger partial charge in [-0.1, -0.05) is 27.7 Å². The van der Waals surface area contributed by atoms with E-state index in [0.29, 0.717) is 18.9 Å². The molecule has 0 radical (unpaired) electrons. The number of hydrogen-bond donors (Lipinski definition) is 0. The zero-order valence-corrected chi connectivity index (χ0v) is 13.0. The predicted molar refractivity (Wildman–Crippen MR) is 71.4 cm³/mol. The van der Waals surface area contributed by atoms with E-state index in [4.69, 9.17) is 9.16 Å². The second-order valence-electron chi connectivity index (χ2n) is 6.61. The molecule has 0 saturated carbocycles. The Balaban J connectivity index is 2.74. The number of hydrogen-bond acceptors (Lipinski definition) is 3. The summed E-state index contributed by atoms with van der Waals surface area (Å²) in [5, 5.41) is 0.183. The first-order valence-electron chi connectivity index (χ1n) is 6.47. The summed E-state index contributed by atoms with van der Waals surface area (Å²) in [6.45, 7) is 13.8. The Morgan fingerprint density at radius 3 is 2.47 bits per heavy atom. The minimum atomic E-state index is -1.79. The quantitative estimate of drug-likeness (QED) is 0.563. The van der Waals surface area contributed by atoms with Gasteiger partial charge in [-0.25, -0.2) is 0 Å². The van der Waals surface area contributed by atoms with Gasteiger partial charge in [0.25, 0.3) is 0 Å². The Bertz CT molecular complexity index is 281. The lowest BCUT2D eigenvalue weighted by Gasteiger charge is -2.40. The molecule has 0 aliphatic carbocycles. The molecule has 0 amide bonds. The van der Waals surface area contributed by atoms with Gasteiger partial charge in [0.2, 0.25) is 0 Å². The number of esters is 1. The molecule has 1 fully saturated rings. The molecular weight excluding hydrogens is 232 g/mol. The normalized spacial score (nSPS) is 27.5. The molecule has 1 saturated heterocycles. The van der Waals surface area contributed by atoms with Crippen molar-refractivity contribution in [2.75, 3.05) is 6.61 Å². The maximum Gasteiger partial charge on any atom is 0.308 e. The van der Waals surface area contributed by atoms with Gasteiger partial charge in [-0.15, -0.1) is 0 Å². The fraction of sp³-hybridized carbons (Fsp3) is 0.923. The molecule has 0 aromatic rings. The zero-order valence-electron chi connectivity index (χ0n) is 12.0. The highest BCUT2D eigenvalue weighted by atomic mass is 28.4. The Kier molecular flexibility index (Phi) is 4.41. The summed E-state index contributed by atoms with van der Waals surface area (Å²) >= 11 is 0. The molecule has 0 bridgehead atoms. The molecule has 1 aliphatic rings. The van der Waals surface area contributed by atoms with Crippen LogP contribution in [0.25, 0.3) is 0 Å². The van der Waals surface area contributed by atoms with E-state index in [-0.39, 0.29) is 17.1 Å². The number of rotatable bonds is 2. The van der Waals surface area contributed by atoms with Crippen molar-refractivity contribution in [2.45, 2.75) is 64.8 Å². The topological polar surface area (TPSA) is 35.5 Å². The molecule has 3 nitrogen and oxygen atoms in total. The molecule has 0 N–H and O–H groups in total. The summed E-state index contributed by atoms with van der Waals surface area (Å²) in [6.07, 6.45) is 1.35. The van der Waals surface area contributed by atoms with Gasteiger partial charge in [-0.05, 0) is 30.5 Å². The lowest BCUT2D eigenvalue weighted by molar-refractivity contribution is -0.143. The summed E-state index contributed by atoms with van der Waals surface area (Å²) < 4.78 is 11.4. The van der Waals surface area contributed by atoms with E-state index in [2.05, 4.69) is 40.8 Å². The van der Waals surface area contributed by atoms with Gasteiger partial charge in [0.05, 0.1) is 19.1 Å². The Hall–Kier alpha value is -0.353. The van der Waals surface area contributed by atoms with Crippen molar-refractivity contribution in [3.63, 3.8) is 0 Å². The van der Waals surface area contributed by atoms with Crippen LogP contribution in [-0.4, -0.2) is 27.0 Å². The molecule has 100 valence electrons. The SMILES string of the molecule is C[C@@H]1CCOC(=O)C[C@@H]1O[Si](C)(C)C(C)(C)C. The third kappa shape index (κ3) is 3.81. The van der Waals surface area contributed by atoms with Crippen LogP contribution in [0.15, 0.2) is 0 Å². The lowest BCUT2D eigenvalue weighted by atomic mass is 10.0. The van der Waals surface area contributed by atoms with Crippen molar-refractivity contribution in [3.05, 3.63) is 0 Å². The van der Waals surface area contributed by atoms with Crippen LogP contribution in [0.5, 0.6) is 0 Å². The van der Waals surface area contributed by atoms with Gasteiger partial charge >= 0.3 is 5.97 Å². The van der Waals surface area contributed by atoms with Crippen LogP contribution in [-0.2, 0) is 14.0 Å². The fourth-order valence-electron chi connectivity index (χ4n) is 1.68. The maximum absolute atomic E-state index is 11.5. The molecule has 1 aliphatic heterocycles. The fourth-order valence-corrected chi connectivity index (χ4v) is 3.11. The highest BCUT2D eigenvalue weighted by Crippen LogP contribution is 2.39. The van der Waals surface area contributed by atoms with Crippen LogP contribution in [0.4, 0.5) is 0 Å². The van der Waals surface area contributed by atoms with Gasteiger partial charge in [0.1, 0.15) is 0 Å². The Morgan fingerprint density at radius 1 is 1.35 bits per heavy atom. The molecule has 2 atom stereocenters. The second kappa shape index (κ2) is 5.10. The number of cyclic esters (lactones) is 1. The van der Waals surface area contributed by atoms with E-state index in [1.807, 2.05) is 0 Å². The van der Waals surface area contributed by atoms with Crippen molar-refractivity contribution in [1.82, 2.24) is 0 Å². The first kappa shape index (κ1) is 14.7. The minimum Gasteiger partial charge on any atom is -0.466 e. The highest BCUT2D eigenvalue weighted by Gasteiger charge is 2.41. The van der Waals surface area contributed by atoms with Crippen LogP contribution in [0, 0.1) is 5.92 Å². The van der Waals surface area contributed by atoms with Crippen molar-refractivity contribution in [3.8, 4) is 0 Å². The van der Waals surface area contributed by atoms with E-state index in [1.165, 1.54) is 0 Å². The third-order valence-corrected chi connectivity index (χ3v) is 8.60. The van der Waals surface area contributed by atoms with Crippen LogP contribution >= 0.6 is 0 Å². The molecule has 1 rings (SSSR count). The van der Waals surface area contributed by atoms with Crippen LogP contribution in [0.2, 0.25) is 18.1 Å². The van der Waals surface area contributed by atoms with E-state index in [1.54, 1.807) is 0 Å². The Morgan fingerprint density at radius 2 is 1.94 bits per heavy atom. The van der Waals surface area contributed by atoms with Crippen molar-refractivity contribution in [1.29, 1.82) is 0 Å². The number of ether oxygens (including phenoxy) is 1. The molecule has 0 aromatic carbocycles. The van der Waals surface area contributed by atoms with Crippen LogP contribution in [0.1, 0.15) is 40.5 Å². The standard InChI is InChI=1S/C13H26O3Si/c1-10-7-8-15-12(14)9-11(10)16-17(5,6)13(2,3)4/h10-11H,7-9H2,1-6H3/t10-,11+/m1/s1. The predicted octanol–water partition coefficient (Wildman–Crippen LogP) is 3.35. The van der Waals surface area contributed by atoms with Gasteiger partial charge in [-0.2, -0.15) is 0 Å². The maximum atomic E-state index is 11.5. The smallest absolute Gasteiger partial charge is 0.308 e. The first-order valence-corrected chi connectivity index (χ1v) is 9.38. The van der Waals surface area contributed by atoms with Gasteiger partial charge in [-0.3, -0.25) is 4.79 Å². The summed E-state index contributed by atoms with van der Waals surface area (Å²) in [6, 6.07) is 0. The zero-order chi connectivity index (χ0) is 13.3. The molecule has 0 unspecified atom stereocenters. The summed E-state index contributed by atoms with van der Waals surface area (Å²) in [5.74, 6) is 0.286. The van der Waals surface area contributed by atoms with Gasteiger partial charge in [0.15, 0.2) is 8.32 Å². The molecule has 4 heteroatoms. The summed E-state index contributed by atoms with van der Waals surface area (Å²) in [5.41, 5.74) is 0. The summed E-state index contributed by atoms with van der Waals surface area (Å²) in [4.78, 5) is 11.5. The van der Waals surface area contributed by atoms with Crippen LogP contribution < -0.4 is 0 Å². The van der Waals surface area contributed by atoms with Gasteiger partial charge < -0.3 is 9.16 Å². The third-order valence-electron chi connectivity index (χ3n) is 4.09. The molecule has 17 heavy (non-hydrogen) atoms. The molecule has 1 heterocycles. The average molecular weight is 258 g/mol. The number of carbonyl (C=O) groups excluding carboxylic acids is 1. The van der Waals surface area contributed by atoms with Crippen molar-refractivity contribution in [2.24, 2.45) is 5.92 Å². The van der Waals surface area contributed by atoms with E-state index in [9.17, 15) is 4.79 Å². The largest absolute Gasteiger partial charge is 0.466 e. The molecule has 0 spiro atoms. The summed E-state index contributed by atoms with van der Waals surface area (Å²) in [7, 11) is -1.79. The van der Waals surface area contributed by atoms with Gasteiger partial charge in [0, 0.05) is 0 Å². The van der Waals surface area contributed by atoms with E-state index >= 15 is 0 Å². The molecular formula is C13H26O3Si. The highest BCUT2D eigenvalue weighted by molar-refractivity contribution is 6.74. The number of carbonyl (C=O) groups is 1. The minimum absolute atomic E-state index is 0.0332. The van der Waals surface area contributed by atoms with Crippen molar-refractivity contribution >= 4 is 14.3 Å². The van der Waals surface area contributed by atoms with E-state index in [0.717, 1.165) is 6.42 Å². The van der Waals surface area contributed by atoms with Crippen LogP contribution in [0.3, 0.4) is 0 Å². The molecule has 0 aromatic heterocycles. The monoisotopic (exact) mass is 258 g/mol. The second-order valence-corrected chi connectivity index (χ2v) is 11.4. The lowest BCUT2D eigenvalue weighted by Crippen LogP contribution is -2.45. The Labute approximate surface area is 106 Å². The van der Waals surface area contributed by atoms with E-state index < -0.39 is 8.32 Å². The van der Waals surface area contributed by atoms with Crippen molar-refractivity contribution < 1.29 is 14.0 Å².